The van der Waals surface area contributed by atoms with Crippen molar-refractivity contribution in [1.82, 2.24) is 0 Å². The molecular formula is C25H40O13S3. The summed E-state index contributed by atoms with van der Waals surface area (Å²) in [6, 6.07) is 0. The zero-order valence-corrected chi connectivity index (χ0v) is 25.9. The zero-order valence-electron chi connectivity index (χ0n) is 23.4. The van der Waals surface area contributed by atoms with Gasteiger partial charge in [-0.2, -0.15) is 25.3 Å². The van der Waals surface area contributed by atoms with Gasteiger partial charge in [0.25, 0.3) is 0 Å². The number of ketones is 1. The fourth-order valence-electron chi connectivity index (χ4n) is 9.36. The van der Waals surface area contributed by atoms with Crippen molar-refractivity contribution in [3.63, 3.8) is 0 Å². The Labute approximate surface area is 242 Å². The third-order valence-electron chi connectivity index (χ3n) is 10.7. The number of rotatable bonds is 9. The Hall–Kier alpha value is -0.980. The summed E-state index contributed by atoms with van der Waals surface area (Å²) in [5.74, 6) is -0.385. The second kappa shape index (κ2) is 11.2. The fraction of sp³-hybridized carbons (Fsp3) is 0.880. The lowest BCUT2D eigenvalue weighted by molar-refractivity contribution is -0.183. The van der Waals surface area contributed by atoms with E-state index < -0.39 is 60.8 Å². The van der Waals surface area contributed by atoms with Crippen molar-refractivity contribution in [2.75, 3.05) is 0 Å². The molecule has 4 aliphatic rings. The Bertz CT molecular complexity index is 1370. The number of hydrogen-bond donors (Lipinski definition) is 3. The van der Waals surface area contributed by atoms with Gasteiger partial charge in [0.15, 0.2) is 5.78 Å². The smallest absolute Gasteiger partial charge is 0.295 e. The highest BCUT2D eigenvalue weighted by atomic mass is 32.3. The first kappa shape index (κ1) is 32.9. The Kier molecular flexibility index (Phi) is 8.98. The molecule has 3 N–H and O–H groups in total. The van der Waals surface area contributed by atoms with E-state index in [1.807, 2.05) is 13.0 Å². The molecule has 0 heterocycles. The largest absolute Gasteiger partial charge is 0.397 e. The van der Waals surface area contributed by atoms with Crippen molar-refractivity contribution < 1.29 is 56.3 Å². The van der Waals surface area contributed by atoms with Gasteiger partial charge in [-0.25, -0.2) is 12.5 Å². The van der Waals surface area contributed by atoms with Crippen LogP contribution in [0.4, 0.5) is 0 Å². The summed E-state index contributed by atoms with van der Waals surface area (Å²) < 4.78 is 114. The van der Waals surface area contributed by atoms with E-state index in [0.29, 0.717) is 6.42 Å². The van der Waals surface area contributed by atoms with Gasteiger partial charge in [-0.3, -0.25) is 18.5 Å². The normalized spacial score (nSPS) is 42.3. The van der Waals surface area contributed by atoms with Crippen LogP contribution in [0.2, 0.25) is 0 Å². The predicted octanol–water partition coefficient (Wildman–Crippen LogP) is 3.21. The molecule has 0 saturated heterocycles. The number of carbonyl (C=O) groups is 1. The van der Waals surface area contributed by atoms with Crippen LogP contribution in [0.1, 0.15) is 72.6 Å². The molecule has 16 heteroatoms. The van der Waals surface area contributed by atoms with E-state index in [4.69, 9.17) is 12.5 Å². The summed E-state index contributed by atoms with van der Waals surface area (Å²) in [5, 5.41) is 0. The van der Waals surface area contributed by atoms with E-state index in [0.717, 1.165) is 19.3 Å². The third kappa shape index (κ3) is 7.06. The minimum absolute atomic E-state index is 0.0352. The lowest BCUT2D eigenvalue weighted by Gasteiger charge is -2.63. The van der Waals surface area contributed by atoms with Crippen molar-refractivity contribution in [2.24, 2.45) is 46.3 Å². The van der Waals surface area contributed by atoms with Gasteiger partial charge in [0.2, 0.25) is 0 Å². The number of carbonyl (C=O) groups excluding carboxylic acids is 1. The van der Waals surface area contributed by atoms with E-state index in [9.17, 15) is 43.7 Å². The highest BCUT2D eigenvalue weighted by Gasteiger charge is 2.65. The molecular weight excluding hydrogens is 604 g/mol. The van der Waals surface area contributed by atoms with Crippen LogP contribution in [0, 0.1) is 46.3 Å². The summed E-state index contributed by atoms with van der Waals surface area (Å²) in [7, 11) is -15.1. The van der Waals surface area contributed by atoms with Crippen molar-refractivity contribution >= 4 is 37.0 Å². The second-order valence-electron chi connectivity index (χ2n) is 12.9. The van der Waals surface area contributed by atoms with Gasteiger partial charge < -0.3 is 0 Å². The van der Waals surface area contributed by atoms with E-state index in [1.54, 1.807) is 6.08 Å². The molecule has 236 valence electrons. The molecule has 41 heavy (non-hydrogen) atoms. The molecule has 0 aromatic heterocycles. The fourth-order valence-corrected chi connectivity index (χ4v) is 10.9. The number of fused-ring (bicyclic) bond motifs is 5. The first-order valence-electron chi connectivity index (χ1n) is 13.8. The molecule has 0 unspecified atom stereocenters. The Morgan fingerprint density at radius 3 is 1.88 bits per heavy atom. The van der Waals surface area contributed by atoms with Crippen LogP contribution in [0.25, 0.3) is 0 Å². The molecule has 11 atom stereocenters. The molecule has 0 aromatic carbocycles. The van der Waals surface area contributed by atoms with E-state index >= 15 is 0 Å². The maximum atomic E-state index is 12.0. The first-order valence-corrected chi connectivity index (χ1v) is 17.9. The van der Waals surface area contributed by atoms with Crippen LogP contribution in [-0.2, 0) is 48.5 Å². The van der Waals surface area contributed by atoms with Crippen LogP contribution in [0.5, 0.6) is 0 Å². The van der Waals surface area contributed by atoms with E-state index in [2.05, 4.69) is 13.8 Å². The van der Waals surface area contributed by atoms with Gasteiger partial charge in [0, 0.05) is 0 Å². The summed E-state index contributed by atoms with van der Waals surface area (Å²) in [6.07, 6.45) is 2.44. The Morgan fingerprint density at radius 1 is 0.780 bits per heavy atom. The lowest BCUT2D eigenvalue weighted by Crippen LogP contribution is -2.62. The number of hydrogen-bond acceptors (Lipinski definition) is 10. The Balaban J connectivity index is 1.73. The van der Waals surface area contributed by atoms with E-state index in [-0.39, 0.29) is 60.1 Å². The molecule has 4 rings (SSSR count). The van der Waals surface area contributed by atoms with Crippen molar-refractivity contribution in [3.8, 4) is 0 Å². The van der Waals surface area contributed by atoms with Crippen molar-refractivity contribution in [2.45, 2.75) is 91.0 Å². The highest BCUT2D eigenvalue weighted by Crippen LogP contribution is 2.69. The number of allylic oxidation sites excluding steroid dienone is 2. The molecule has 13 nitrogen and oxygen atoms in total. The van der Waals surface area contributed by atoms with Crippen LogP contribution >= 0.6 is 0 Å². The van der Waals surface area contributed by atoms with Gasteiger partial charge in [0.05, 0.1) is 6.10 Å². The molecule has 0 bridgehead atoms. The maximum absolute atomic E-state index is 12.0. The SMILES string of the molecule is CC(=O)/C=C/[C@@H](C)[C@H]1CC[C@H]2[C@@H]3C[C@H](OS(=O)(=O)O)[C@H]4C[C@H](OS(=O)(=O)O)[C@@H](OS(=O)(=O)O)C[C@]4(C)[C@H]3CC[C@]12C. The molecule has 4 saturated carbocycles. The molecule has 0 aromatic rings. The zero-order chi connectivity index (χ0) is 30.8. The van der Waals surface area contributed by atoms with Crippen LogP contribution in [0.15, 0.2) is 12.2 Å². The Morgan fingerprint density at radius 2 is 1.32 bits per heavy atom. The third-order valence-corrected chi connectivity index (χ3v) is 12.2. The second-order valence-corrected chi connectivity index (χ2v) is 16.1. The van der Waals surface area contributed by atoms with Gasteiger partial charge in [-0.1, -0.05) is 26.8 Å². The van der Waals surface area contributed by atoms with Crippen molar-refractivity contribution in [3.05, 3.63) is 12.2 Å². The van der Waals surface area contributed by atoms with Gasteiger partial charge in [-0.05, 0) is 104 Å². The average molecular weight is 645 g/mol. The summed E-state index contributed by atoms with van der Waals surface area (Å²) in [4.78, 5) is 11.6. The van der Waals surface area contributed by atoms with E-state index in [1.165, 1.54) is 6.92 Å². The van der Waals surface area contributed by atoms with Gasteiger partial charge in [0.1, 0.15) is 12.2 Å². The molecule has 0 amide bonds. The quantitative estimate of drug-likeness (QED) is 0.244. The summed E-state index contributed by atoms with van der Waals surface area (Å²) in [6.45, 7) is 7.64. The molecule has 0 radical (unpaired) electrons. The van der Waals surface area contributed by atoms with Gasteiger partial charge >= 0.3 is 31.2 Å². The minimum Gasteiger partial charge on any atom is -0.295 e. The highest BCUT2D eigenvalue weighted by molar-refractivity contribution is 7.81. The van der Waals surface area contributed by atoms with Crippen LogP contribution < -0.4 is 0 Å². The summed E-state index contributed by atoms with van der Waals surface area (Å²) in [5.41, 5.74) is -1.00. The topological polar surface area (TPSA) is 208 Å². The maximum Gasteiger partial charge on any atom is 0.397 e. The van der Waals surface area contributed by atoms with Crippen LogP contribution in [0.3, 0.4) is 0 Å². The van der Waals surface area contributed by atoms with Crippen molar-refractivity contribution in [1.29, 1.82) is 0 Å². The minimum atomic E-state index is -5.08. The molecule has 0 aliphatic heterocycles. The molecule has 4 fully saturated rings. The molecule has 0 spiro atoms. The summed E-state index contributed by atoms with van der Waals surface area (Å²) >= 11 is 0. The predicted molar refractivity (Wildman–Crippen MR) is 144 cm³/mol. The lowest BCUT2D eigenvalue weighted by atomic mass is 9.43. The standard InChI is InChI=1S/C25H40O13S3/c1-14(5-6-15(2)26)17-7-8-18-16-11-21(36-39(27,28)29)20-12-22(37-40(30,31)32)23(38-41(33,34)35)13-25(20,4)19(16)9-10-24(17,18)3/h5-6,14,16-23H,7-13H2,1-4H3,(H,27,28,29)(H,30,31,32)(H,33,34,35)/b6-5+/t14-,16+,17-,18+,19+,20-,21+,22+,23+,24-,25-/m1/s1. The monoisotopic (exact) mass is 644 g/mol. The molecule has 4 aliphatic carbocycles. The van der Waals surface area contributed by atoms with Gasteiger partial charge in [-0.15, -0.1) is 0 Å². The van der Waals surface area contributed by atoms with Crippen LogP contribution in [-0.4, -0.2) is 63.0 Å². The average Bonchev–Trinajstić information content (AvgIpc) is 3.13. The first-order chi connectivity index (χ1) is 18.6.